The Morgan fingerprint density at radius 3 is 2.57 bits per heavy atom. The maximum absolute atomic E-state index is 8.64. The number of rotatable bonds is 5. The lowest BCUT2D eigenvalue weighted by atomic mass is 10.1. The molecule has 0 atom stereocenters. The normalized spacial score (nSPS) is 12.8. The Labute approximate surface area is 172 Å². The Morgan fingerprint density at radius 2 is 2.07 bits per heavy atom. The van der Waals surface area contributed by atoms with Gasteiger partial charge in [-0.15, -0.1) is 11.3 Å². The predicted molar refractivity (Wildman–Crippen MR) is 116 cm³/mol. The molecule has 0 aromatic carbocycles. The molecule has 152 valence electrons. The summed E-state index contributed by atoms with van der Waals surface area (Å²) in [4.78, 5) is 1.76. The van der Waals surface area contributed by atoms with Gasteiger partial charge >= 0.3 is 0 Å². The highest BCUT2D eigenvalue weighted by Crippen LogP contribution is 2.25. The molecule has 28 heavy (non-hydrogen) atoms. The van der Waals surface area contributed by atoms with Crippen molar-refractivity contribution in [1.29, 1.82) is 5.26 Å². The smallest absolute Gasteiger partial charge is 0.230 e. The van der Waals surface area contributed by atoms with E-state index in [1.54, 1.807) is 4.68 Å². The maximum Gasteiger partial charge on any atom is 0.230 e. The molecule has 0 amide bonds. The van der Waals surface area contributed by atoms with Crippen molar-refractivity contribution in [3.63, 3.8) is 0 Å². The highest BCUT2D eigenvalue weighted by Gasteiger charge is 2.12. The number of nitriles is 1. The molecule has 6 heteroatoms. The summed E-state index contributed by atoms with van der Waals surface area (Å²) in [6.07, 6.45) is 7.34. The molecule has 0 unspecified atom stereocenters. The van der Waals surface area contributed by atoms with Gasteiger partial charge in [0.2, 0.25) is 6.79 Å². The van der Waals surface area contributed by atoms with Crippen molar-refractivity contribution in [3.8, 4) is 16.6 Å². The Hall–Kier alpha value is -2.52. The molecule has 0 bridgehead atoms. The summed E-state index contributed by atoms with van der Waals surface area (Å²) in [6.45, 7) is 10.6. The van der Waals surface area contributed by atoms with Crippen LogP contribution in [0, 0.1) is 11.3 Å². The third kappa shape index (κ3) is 7.61. The van der Waals surface area contributed by atoms with Gasteiger partial charge in [-0.2, -0.15) is 10.4 Å². The Kier molecular flexibility index (Phi) is 10.7. The zero-order valence-corrected chi connectivity index (χ0v) is 18.6. The highest BCUT2D eigenvalue weighted by molar-refractivity contribution is 7.15. The fraction of sp³-hybridized carbons (Fsp3) is 0.455. The molecule has 0 spiro atoms. The minimum atomic E-state index is 0.407. The van der Waals surface area contributed by atoms with Crippen LogP contribution >= 0.6 is 11.3 Å². The van der Waals surface area contributed by atoms with Gasteiger partial charge in [0.1, 0.15) is 28.2 Å². The molecule has 3 heterocycles. The van der Waals surface area contributed by atoms with Crippen molar-refractivity contribution in [2.75, 3.05) is 6.79 Å². The van der Waals surface area contributed by atoms with E-state index in [0.29, 0.717) is 6.79 Å². The van der Waals surface area contributed by atoms with Crippen LogP contribution < -0.4 is 0 Å². The number of hydrogen-bond donors (Lipinski definition) is 0. The van der Waals surface area contributed by atoms with Crippen LogP contribution in [-0.2, 0) is 16.5 Å². The van der Waals surface area contributed by atoms with Crippen molar-refractivity contribution in [1.82, 2.24) is 9.78 Å². The van der Waals surface area contributed by atoms with Gasteiger partial charge < -0.3 is 9.47 Å². The minimum Gasteiger partial charge on any atom is -0.459 e. The van der Waals surface area contributed by atoms with Gasteiger partial charge in [0.15, 0.2) is 0 Å². The van der Waals surface area contributed by atoms with Crippen LogP contribution in [0.5, 0.6) is 0 Å². The van der Waals surface area contributed by atoms with Crippen LogP contribution in [0.3, 0.4) is 0 Å². The average Bonchev–Trinajstić information content (AvgIpc) is 3.45. The fourth-order valence-corrected chi connectivity index (χ4v) is 3.14. The first kappa shape index (κ1) is 23.5. The first-order valence-corrected chi connectivity index (χ1v) is 10.4. The predicted octanol–water partition coefficient (Wildman–Crippen LogP) is 6.41. The fourth-order valence-electron chi connectivity index (χ4n) is 2.37. The SMILES string of the molecule is C/C=C(/C)CCCC1=C(C)OCO1.CC.Cn1ccc(-c2ccc(C#N)s2)n1. The second-order valence-electron chi connectivity index (χ2n) is 6.02. The summed E-state index contributed by atoms with van der Waals surface area (Å²) in [5.74, 6) is 1.99. The number of aryl methyl sites for hydroxylation is 1. The van der Waals surface area contributed by atoms with E-state index >= 15 is 0 Å². The van der Waals surface area contributed by atoms with E-state index in [2.05, 4.69) is 31.1 Å². The third-order valence-corrected chi connectivity index (χ3v) is 5.06. The first-order valence-electron chi connectivity index (χ1n) is 9.60. The largest absolute Gasteiger partial charge is 0.459 e. The van der Waals surface area contributed by atoms with E-state index in [0.717, 1.165) is 46.2 Å². The molecule has 2 aromatic rings. The molecule has 5 nitrogen and oxygen atoms in total. The molecule has 0 aliphatic carbocycles. The highest BCUT2D eigenvalue weighted by atomic mass is 32.1. The van der Waals surface area contributed by atoms with Gasteiger partial charge in [-0.25, -0.2) is 0 Å². The van der Waals surface area contributed by atoms with Gasteiger partial charge in [0, 0.05) is 19.7 Å². The maximum atomic E-state index is 8.64. The van der Waals surface area contributed by atoms with Crippen molar-refractivity contribution in [2.45, 2.75) is 53.9 Å². The Morgan fingerprint density at radius 1 is 1.32 bits per heavy atom. The topological polar surface area (TPSA) is 60.1 Å². The lowest BCUT2D eigenvalue weighted by molar-refractivity contribution is 0.0693. The molecular formula is C22H31N3O2S. The molecule has 0 saturated heterocycles. The summed E-state index contributed by atoms with van der Waals surface area (Å²) in [5, 5.41) is 12.9. The molecule has 0 fully saturated rings. The van der Waals surface area contributed by atoms with Gasteiger partial charge in [-0.05, 0) is 51.8 Å². The third-order valence-electron chi connectivity index (χ3n) is 4.05. The number of nitrogens with zero attached hydrogens (tertiary/aromatic N) is 3. The Balaban J connectivity index is 0.000000257. The van der Waals surface area contributed by atoms with E-state index in [4.69, 9.17) is 14.7 Å². The van der Waals surface area contributed by atoms with Crippen molar-refractivity contribution in [2.24, 2.45) is 7.05 Å². The zero-order valence-electron chi connectivity index (χ0n) is 17.8. The van der Waals surface area contributed by atoms with Crippen LogP contribution in [0.15, 0.2) is 47.6 Å². The van der Waals surface area contributed by atoms with Crippen LogP contribution in [0.2, 0.25) is 0 Å². The number of aromatic nitrogens is 2. The Bertz CT molecular complexity index is 825. The monoisotopic (exact) mass is 401 g/mol. The number of thiophene rings is 1. The second kappa shape index (κ2) is 12.8. The van der Waals surface area contributed by atoms with Gasteiger partial charge in [0.05, 0.1) is 4.88 Å². The summed E-state index contributed by atoms with van der Waals surface area (Å²) >= 11 is 1.46. The molecule has 1 aliphatic heterocycles. The summed E-state index contributed by atoms with van der Waals surface area (Å²) in [7, 11) is 1.88. The first-order chi connectivity index (χ1) is 13.5. The van der Waals surface area contributed by atoms with Crippen molar-refractivity contribution in [3.05, 3.63) is 52.4 Å². The molecule has 0 N–H and O–H groups in total. The molecule has 3 rings (SSSR count). The van der Waals surface area contributed by atoms with Crippen LogP contribution in [0.25, 0.3) is 10.6 Å². The molecule has 1 aliphatic rings. The number of hydrogen-bond acceptors (Lipinski definition) is 5. The number of allylic oxidation sites excluding steroid dienone is 4. The zero-order chi connectivity index (χ0) is 20.9. The summed E-state index contributed by atoms with van der Waals surface area (Å²) in [6, 6.07) is 7.78. The van der Waals surface area contributed by atoms with Crippen LogP contribution in [0.4, 0.5) is 0 Å². The van der Waals surface area contributed by atoms with E-state index in [-0.39, 0.29) is 0 Å². The minimum absolute atomic E-state index is 0.407. The van der Waals surface area contributed by atoms with Gasteiger partial charge in [-0.3, -0.25) is 4.68 Å². The standard InChI is InChI=1S/C11H18O2.C9H7N3S.C2H6/c1-4-9(2)6-5-7-11-10(3)12-8-13-11;1-12-5-4-8(11-12)9-3-2-7(6-10)13-9;1-2/h4H,5-8H2,1-3H3;2-5H,1H3;1-2H3/b9-4-;;. The lowest BCUT2D eigenvalue weighted by Crippen LogP contribution is -1.87. The van der Waals surface area contributed by atoms with Crippen LogP contribution in [0.1, 0.15) is 58.8 Å². The quantitative estimate of drug-likeness (QED) is 0.543. The van der Waals surface area contributed by atoms with E-state index < -0.39 is 0 Å². The molecular weight excluding hydrogens is 370 g/mol. The van der Waals surface area contributed by atoms with Gasteiger partial charge in [0.25, 0.3) is 0 Å². The molecule has 0 radical (unpaired) electrons. The lowest BCUT2D eigenvalue weighted by Gasteiger charge is -2.01. The second-order valence-corrected chi connectivity index (χ2v) is 7.11. The summed E-state index contributed by atoms with van der Waals surface area (Å²) in [5.41, 5.74) is 2.37. The van der Waals surface area contributed by atoms with Crippen molar-refractivity contribution >= 4 is 11.3 Å². The van der Waals surface area contributed by atoms with E-state index in [1.807, 2.05) is 52.2 Å². The van der Waals surface area contributed by atoms with Gasteiger partial charge in [-0.1, -0.05) is 25.5 Å². The number of ether oxygens (including phenoxy) is 2. The average molecular weight is 402 g/mol. The van der Waals surface area contributed by atoms with Crippen molar-refractivity contribution < 1.29 is 9.47 Å². The molecule has 2 aromatic heterocycles. The molecule has 0 saturated carbocycles. The van der Waals surface area contributed by atoms with E-state index in [9.17, 15) is 0 Å². The van der Waals surface area contributed by atoms with E-state index in [1.165, 1.54) is 16.9 Å². The summed E-state index contributed by atoms with van der Waals surface area (Å²) < 4.78 is 12.3. The van der Waals surface area contributed by atoms with Crippen LogP contribution in [-0.4, -0.2) is 16.6 Å².